The minimum Gasteiger partial charge on any atom is -0.330 e. The maximum absolute atomic E-state index is 13.4. The van der Waals surface area contributed by atoms with Crippen LogP contribution in [-0.4, -0.2) is 13.8 Å². The Hall–Kier alpha value is -2.24. The van der Waals surface area contributed by atoms with Crippen molar-refractivity contribution in [2.24, 2.45) is 5.73 Å². The molecule has 0 saturated heterocycles. The SMILES string of the molecule is CCCCN.Fc1c(F)c(F)c([B]c2c(F)c(F)c(F)c(F)c2F)c(F)c1F. The fourth-order valence-electron chi connectivity index (χ4n) is 1.85. The van der Waals surface area contributed by atoms with Crippen LogP contribution in [0.25, 0.3) is 0 Å². The van der Waals surface area contributed by atoms with Gasteiger partial charge in [-0.05, 0) is 23.9 Å². The molecule has 153 valence electrons. The Morgan fingerprint density at radius 3 is 0.964 bits per heavy atom. The minimum atomic E-state index is -2.55. The van der Waals surface area contributed by atoms with Crippen molar-refractivity contribution >= 4 is 18.2 Å². The van der Waals surface area contributed by atoms with Crippen LogP contribution in [0, 0.1) is 58.2 Å². The molecule has 2 N–H and O–H groups in total. The first-order valence-electron chi connectivity index (χ1n) is 7.58. The Balaban J connectivity index is 0.000000696. The van der Waals surface area contributed by atoms with Gasteiger partial charge < -0.3 is 5.73 Å². The molecular formula is C16H11BF10N. The minimum absolute atomic E-state index is 0.369. The number of benzene rings is 2. The molecule has 0 aliphatic heterocycles. The van der Waals surface area contributed by atoms with E-state index in [-0.39, 0.29) is 7.28 Å². The van der Waals surface area contributed by atoms with E-state index in [0.717, 1.165) is 6.54 Å². The summed E-state index contributed by atoms with van der Waals surface area (Å²) in [6.07, 6.45) is 2.39. The molecule has 0 amide bonds. The second-order valence-corrected chi connectivity index (χ2v) is 5.25. The Bertz CT molecular complexity index is 744. The molecule has 0 aliphatic rings. The van der Waals surface area contributed by atoms with E-state index in [1.807, 2.05) is 0 Å². The molecule has 0 atom stereocenters. The number of unbranched alkanes of at least 4 members (excludes halogenated alkanes) is 1. The molecule has 1 nitrogen and oxygen atoms in total. The summed E-state index contributed by atoms with van der Waals surface area (Å²) in [5, 5.41) is 0. The molecule has 12 heteroatoms. The van der Waals surface area contributed by atoms with Crippen LogP contribution in [0.5, 0.6) is 0 Å². The van der Waals surface area contributed by atoms with Gasteiger partial charge in [-0.2, -0.15) is 0 Å². The van der Waals surface area contributed by atoms with E-state index in [4.69, 9.17) is 5.73 Å². The third-order valence-corrected chi connectivity index (χ3v) is 3.33. The smallest absolute Gasteiger partial charge is 0.207 e. The van der Waals surface area contributed by atoms with E-state index in [0.29, 0.717) is 0 Å². The molecule has 2 aromatic rings. The Labute approximate surface area is 153 Å². The van der Waals surface area contributed by atoms with E-state index in [2.05, 4.69) is 6.92 Å². The van der Waals surface area contributed by atoms with Crippen LogP contribution in [0.3, 0.4) is 0 Å². The molecule has 0 heterocycles. The number of hydrogen-bond donors (Lipinski definition) is 1. The molecule has 0 fully saturated rings. The van der Waals surface area contributed by atoms with Gasteiger partial charge in [0.1, 0.15) is 0 Å². The average Bonchev–Trinajstić information content (AvgIpc) is 2.68. The third kappa shape index (κ3) is 4.60. The summed E-state index contributed by atoms with van der Waals surface area (Å²) in [6.45, 7) is 2.98. The van der Waals surface area contributed by atoms with Crippen molar-refractivity contribution in [2.75, 3.05) is 6.54 Å². The molecule has 0 saturated carbocycles. The van der Waals surface area contributed by atoms with Crippen molar-refractivity contribution in [3.8, 4) is 0 Å². The van der Waals surface area contributed by atoms with E-state index >= 15 is 0 Å². The summed E-state index contributed by atoms with van der Waals surface area (Å²) in [6, 6.07) is 0. The molecule has 0 spiro atoms. The third-order valence-electron chi connectivity index (χ3n) is 3.33. The maximum atomic E-state index is 13.4. The van der Waals surface area contributed by atoms with Crippen LogP contribution in [0.1, 0.15) is 19.8 Å². The topological polar surface area (TPSA) is 26.0 Å². The number of halogens is 10. The van der Waals surface area contributed by atoms with Gasteiger partial charge >= 0.3 is 0 Å². The van der Waals surface area contributed by atoms with Crippen LogP contribution < -0.4 is 16.7 Å². The summed E-state index contributed by atoms with van der Waals surface area (Å²) < 4.78 is 131. The second kappa shape index (κ2) is 9.81. The summed E-state index contributed by atoms with van der Waals surface area (Å²) in [4.78, 5) is 0. The van der Waals surface area contributed by atoms with Gasteiger partial charge in [0.25, 0.3) is 0 Å². The van der Waals surface area contributed by atoms with Crippen molar-refractivity contribution in [1.29, 1.82) is 0 Å². The Kier molecular flexibility index (Phi) is 8.34. The van der Waals surface area contributed by atoms with Crippen molar-refractivity contribution in [1.82, 2.24) is 0 Å². The molecule has 0 unspecified atom stereocenters. The quantitative estimate of drug-likeness (QED) is 0.350. The molecular weight excluding hydrogens is 407 g/mol. The van der Waals surface area contributed by atoms with Crippen molar-refractivity contribution in [3.05, 3.63) is 58.2 Å². The van der Waals surface area contributed by atoms with Crippen LogP contribution in [0.15, 0.2) is 0 Å². The lowest BCUT2D eigenvalue weighted by Gasteiger charge is -2.10. The van der Waals surface area contributed by atoms with E-state index in [1.165, 1.54) is 12.8 Å². The van der Waals surface area contributed by atoms with E-state index in [1.54, 1.807) is 0 Å². The van der Waals surface area contributed by atoms with Crippen LogP contribution in [0.2, 0.25) is 0 Å². The molecule has 28 heavy (non-hydrogen) atoms. The largest absolute Gasteiger partial charge is 0.330 e. The lowest BCUT2D eigenvalue weighted by Crippen LogP contribution is -2.39. The first kappa shape index (κ1) is 23.8. The number of hydrogen-bond acceptors (Lipinski definition) is 1. The lowest BCUT2D eigenvalue weighted by molar-refractivity contribution is 0.382. The fourth-order valence-corrected chi connectivity index (χ4v) is 1.85. The van der Waals surface area contributed by atoms with Crippen molar-refractivity contribution < 1.29 is 43.9 Å². The summed E-state index contributed by atoms with van der Waals surface area (Å²) in [5.41, 5.74) is 1.43. The van der Waals surface area contributed by atoms with Gasteiger partial charge in [0.05, 0.1) is 0 Å². The first-order valence-corrected chi connectivity index (χ1v) is 7.58. The van der Waals surface area contributed by atoms with Gasteiger partial charge in [-0.3, -0.25) is 0 Å². The highest BCUT2D eigenvalue weighted by molar-refractivity contribution is 6.67. The predicted octanol–water partition coefficient (Wildman–Crippen LogP) is 3.48. The summed E-state index contributed by atoms with van der Waals surface area (Å²) in [5.74, 6) is -24.9. The van der Waals surface area contributed by atoms with Gasteiger partial charge in [-0.1, -0.05) is 13.3 Å². The zero-order chi connectivity index (χ0) is 21.8. The highest BCUT2D eigenvalue weighted by Gasteiger charge is 2.31. The lowest BCUT2D eigenvalue weighted by atomic mass is 9.62. The molecule has 0 bridgehead atoms. The standard InChI is InChI=1S/C12BF10.C4H11N/c14-3-1(4(15)8(19)11(22)7(3)18)13-2-5(16)9(20)12(23)10(21)6(2)17;1-2-3-4-5/h;2-5H2,1H3. The van der Waals surface area contributed by atoms with Crippen LogP contribution in [-0.2, 0) is 0 Å². The van der Waals surface area contributed by atoms with Gasteiger partial charge in [0.2, 0.25) is 7.28 Å². The highest BCUT2D eigenvalue weighted by Crippen LogP contribution is 2.18. The highest BCUT2D eigenvalue weighted by atomic mass is 19.2. The summed E-state index contributed by atoms with van der Waals surface area (Å²) >= 11 is 0. The van der Waals surface area contributed by atoms with Gasteiger partial charge in [-0.15, -0.1) is 0 Å². The van der Waals surface area contributed by atoms with Crippen LogP contribution in [0.4, 0.5) is 43.9 Å². The zero-order valence-electron chi connectivity index (χ0n) is 14.1. The Morgan fingerprint density at radius 1 is 0.536 bits per heavy atom. The second-order valence-electron chi connectivity index (χ2n) is 5.25. The first-order chi connectivity index (χ1) is 13.0. The fraction of sp³-hybridized carbons (Fsp3) is 0.250. The monoisotopic (exact) mass is 418 g/mol. The number of nitrogens with two attached hydrogens (primary N) is 1. The van der Waals surface area contributed by atoms with Crippen LogP contribution >= 0.6 is 0 Å². The van der Waals surface area contributed by atoms with E-state index in [9.17, 15) is 43.9 Å². The Morgan fingerprint density at radius 2 is 0.786 bits per heavy atom. The van der Waals surface area contributed by atoms with Gasteiger partial charge in [0, 0.05) is 0 Å². The molecule has 2 aromatic carbocycles. The van der Waals surface area contributed by atoms with Gasteiger partial charge in [0.15, 0.2) is 58.2 Å². The maximum Gasteiger partial charge on any atom is 0.207 e. The average molecular weight is 418 g/mol. The zero-order valence-corrected chi connectivity index (χ0v) is 14.1. The van der Waals surface area contributed by atoms with Gasteiger partial charge in [-0.25, -0.2) is 43.9 Å². The molecule has 2 rings (SSSR count). The van der Waals surface area contributed by atoms with E-state index < -0.39 is 69.1 Å². The summed E-state index contributed by atoms with van der Waals surface area (Å²) in [7, 11) is -0.369. The molecule has 1 radical (unpaired) electrons. The molecule has 0 aromatic heterocycles. The van der Waals surface area contributed by atoms with Crippen molar-refractivity contribution in [2.45, 2.75) is 19.8 Å². The van der Waals surface area contributed by atoms with Crippen molar-refractivity contribution in [3.63, 3.8) is 0 Å². The number of rotatable bonds is 4. The molecule has 0 aliphatic carbocycles. The predicted molar refractivity (Wildman–Crippen MR) is 81.4 cm³/mol. The normalized spacial score (nSPS) is 10.6.